The molecule has 1 aliphatic rings. The zero-order chi connectivity index (χ0) is 13.2. The van der Waals surface area contributed by atoms with E-state index in [-0.39, 0.29) is 0 Å². The van der Waals surface area contributed by atoms with Gasteiger partial charge >= 0.3 is 0 Å². The van der Waals surface area contributed by atoms with E-state index in [1.54, 1.807) is 0 Å². The molecule has 2 unspecified atom stereocenters. The van der Waals surface area contributed by atoms with Gasteiger partial charge in [0.05, 0.1) is 0 Å². The van der Waals surface area contributed by atoms with Crippen LogP contribution in [0.15, 0.2) is 53.4 Å². The van der Waals surface area contributed by atoms with Crippen LogP contribution in [0.2, 0.25) is 0 Å². The van der Waals surface area contributed by atoms with Crippen molar-refractivity contribution < 1.29 is 0 Å². The average molecular weight is 269 g/mol. The van der Waals surface area contributed by atoms with Crippen LogP contribution < -0.4 is 5.32 Å². The fourth-order valence-corrected chi connectivity index (χ4v) is 3.73. The van der Waals surface area contributed by atoms with Crippen molar-refractivity contribution in [2.75, 3.05) is 5.75 Å². The van der Waals surface area contributed by atoms with Crippen LogP contribution in [0.3, 0.4) is 0 Å². The van der Waals surface area contributed by atoms with Crippen molar-refractivity contribution in [3.05, 3.63) is 65.2 Å². The van der Waals surface area contributed by atoms with Gasteiger partial charge in [-0.1, -0.05) is 48.0 Å². The summed E-state index contributed by atoms with van der Waals surface area (Å²) in [5, 5.41) is 3.75. The number of aryl methyl sites for hydroxylation is 1. The number of hydrogen-bond donors (Lipinski definition) is 1. The summed E-state index contributed by atoms with van der Waals surface area (Å²) in [4.78, 5) is 1.43. The molecule has 2 aromatic carbocycles. The van der Waals surface area contributed by atoms with Gasteiger partial charge in [-0.2, -0.15) is 0 Å². The first-order chi connectivity index (χ1) is 9.24. The van der Waals surface area contributed by atoms with Gasteiger partial charge in [0.1, 0.15) is 0 Å². The van der Waals surface area contributed by atoms with Gasteiger partial charge in [0, 0.05) is 22.7 Å². The molecule has 0 saturated heterocycles. The van der Waals surface area contributed by atoms with Gasteiger partial charge in [-0.05, 0) is 31.0 Å². The van der Waals surface area contributed by atoms with Crippen molar-refractivity contribution in [2.24, 2.45) is 0 Å². The molecule has 0 fully saturated rings. The zero-order valence-corrected chi connectivity index (χ0v) is 12.2. The third kappa shape index (κ3) is 2.70. The highest BCUT2D eigenvalue weighted by Gasteiger charge is 2.23. The van der Waals surface area contributed by atoms with Gasteiger partial charge in [-0.25, -0.2) is 0 Å². The first kappa shape index (κ1) is 12.8. The second kappa shape index (κ2) is 5.40. The summed E-state index contributed by atoms with van der Waals surface area (Å²) in [5.74, 6) is 1.13. The van der Waals surface area contributed by atoms with Crippen LogP contribution in [0.1, 0.15) is 35.7 Å². The van der Waals surface area contributed by atoms with Crippen molar-refractivity contribution in [2.45, 2.75) is 30.8 Å². The van der Waals surface area contributed by atoms with Crippen LogP contribution >= 0.6 is 11.8 Å². The SMILES string of the molecule is Cc1ccc(C(C)NC2CSc3ccccc32)cc1. The van der Waals surface area contributed by atoms with Crippen LogP contribution in [0, 0.1) is 6.92 Å². The van der Waals surface area contributed by atoms with E-state index in [2.05, 4.69) is 67.7 Å². The Morgan fingerprint density at radius 2 is 1.84 bits per heavy atom. The summed E-state index contributed by atoms with van der Waals surface area (Å²) < 4.78 is 0. The number of thioether (sulfide) groups is 1. The predicted octanol–water partition coefficient (Wildman–Crippen LogP) is 4.49. The monoisotopic (exact) mass is 269 g/mol. The third-order valence-electron chi connectivity index (χ3n) is 3.73. The Kier molecular flexibility index (Phi) is 3.63. The number of benzene rings is 2. The summed E-state index contributed by atoms with van der Waals surface area (Å²) in [7, 11) is 0. The Morgan fingerprint density at radius 3 is 2.63 bits per heavy atom. The Balaban J connectivity index is 1.74. The largest absolute Gasteiger partial charge is 0.303 e. The second-order valence-corrected chi connectivity index (χ2v) is 6.26. The lowest BCUT2D eigenvalue weighted by Crippen LogP contribution is -2.24. The molecule has 2 aromatic rings. The highest BCUT2D eigenvalue weighted by atomic mass is 32.2. The highest BCUT2D eigenvalue weighted by Crippen LogP contribution is 2.38. The molecule has 3 rings (SSSR count). The van der Waals surface area contributed by atoms with E-state index in [4.69, 9.17) is 0 Å². The predicted molar refractivity (Wildman–Crippen MR) is 82.6 cm³/mol. The minimum absolute atomic E-state index is 0.386. The van der Waals surface area contributed by atoms with Gasteiger partial charge in [-0.3, -0.25) is 0 Å². The van der Waals surface area contributed by atoms with Crippen LogP contribution in [-0.4, -0.2) is 5.75 Å². The van der Waals surface area contributed by atoms with E-state index in [0.717, 1.165) is 5.75 Å². The van der Waals surface area contributed by atoms with E-state index >= 15 is 0 Å². The zero-order valence-electron chi connectivity index (χ0n) is 11.4. The van der Waals surface area contributed by atoms with Crippen LogP contribution in [0.4, 0.5) is 0 Å². The molecule has 98 valence electrons. The lowest BCUT2D eigenvalue weighted by Gasteiger charge is -2.20. The van der Waals surface area contributed by atoms with Gasteiger partial charge in [0.25, 0.3) is 0 Å². The molecule has 1 nitrogen and oxygen atoms in total. The minimum atomic E-state index is 0.386. The Morgan fingerprint density at radius 1 is 1.11 bits per heavy atom. The lowest BCUT2D eigenvalue weighted by molar-refractivity contribution is 0.501. The Labute approximate surface area is 119 Å². The van der Waals surface area contributed by atoms with E-state index in [0.29, 0.717) is 12.1 Å². The number of rotatable bonds is 3. The fourth-order valence-electron chi connectivity index (χ4n) is 2.55. The molecule has 2 heteroatoms. The summed E-state index contributed by atoms with van der Waals surface area (Å²) in [5.41, 5.74) is 4.13. The van der Waals surface area contributed by atoms with E-state index < -0.39 is 0 Å². The highest BCUT2D eigenvalue weighted by molar-refractivity contribution is 7.99. The van der Waals surface area contributed by atoms with Gasteiger partial charge in [-0.15, -0.1) is 11.8 Å². The van der Waals surface area contributed by atoms with Crippen molar-refractivity contribution in [3.8, 4) is 0 Å². The molecule has 1 heterocycles. The normalized spacial score (nSPS) is 19.2. The first-order valence-corrected chi connectivity index (χ1v) is 7.77. The summed E-state index contributed by atoms with van der Waals surface area (Å²) in [6.45, 7) is 4.38. The molecule has 0 bridgehead atoms. The first-order valence-electron chi connectivity index (χ1n) is 6.78. The maximum Gasteiger partial charge on any atom is 0.0431 e. The molecule has 0 radical (unpaired) electrons. The third-order valence-corrected chi connectivity index (χ3v) is 4.91. The standard InChI is InChI=1S/C17H19NS/c1-12-7-9-14(10-8-12)13(2)18-16-11-19-17-6-4-3-5-15(16)17/h3-10,13,16,18H,11H2,1-2H3. The van der Waals surface area contributed by atoms with Crippen molar-refractivity contribution in [1.29, 1.82) is 0 Å². The van der Waals surface area contributed by atoms with E-state index in [1.165, 1.54) is 21.6 Å². The van der Waals surface area contributed by atoms with Crippen molar-refractivity contribution in [1.82, 2.24) is 5.32 Å². The molecule has 2 atom stereocenters. The minimum Gasteiger partial charge on any atom is -0.303 e. The molecular weight excluding hydrogens is 250 g/mol. The van der Waals surface area contributed by atoms with E-state index in [1.807, 2.05) is 11.8 Å². The maximum absolute atomic E-state index is 3.75. The summed E-state index contributed by atoms with van der Waals surface area (Å²) in [6, 6.07) is 18.4. The quantitative estimate of drug-likeness (QED) is 0.881. The molecule has 0 saturated carbocycles. The Hall–Kier alpha value is -1.25. The molecular formula is C17H19NS. The number of fused-ring (bicyclic) bond motifs is 1. The second-order valence-electron chi connectivity index (χ2n) is 5.20. The summed E-state index contributed by atoms with van der Waals surface area (Å²) in [6.07, 6.45) is 0. The molecule has 0 aromatic heterocycles. The van der Waals surface area contributed by atoms with Crippen molar-refractivity contribution >= 4 is 11.8 Å². The maximum atomic E-state index is 3.75. The lowest BCUT2D eigenvalue weighted by atomic mass is 10.0. The molecule has 1 N–H and O–H groups in total. The van der Waals surface area contributed by atoms with Crippen LogP contribution in [0.5, 0.6) is 0 Å². The van der Waals surface area contributed by atoms with Gasteiger partial charge < -0.3 is 5.32 Å². The average Bonchev–Trinajstić information content (AvgIpc) is 2.83. The van der Waals surface area contributed by atoms with Crippen LogP contribution in [0.25, 0.3) is 0 Å². The van der Waals surface area contributed by atoms with Gasteiger partial charge in [0.15, 0.2) is 0 Å². The molecule has 19 heavy (non-hydrogen) atoms. The van der Waals surface area contributed by atoms with Gasteiger partial charge in [0.2, 0.25) is 0 Å². The smallest absolute Gasteiger partial charge is 0.0431 e. The summed E-state index contributed by atoms with van der Waals surface area (Å²) >= 11 is 1.95. The fraction of sp³-hybridized carbons (Fsp3) is 0.294. The number of nitrogens with one attached hydrogen (secondary N) is 1. The Bertz CT molecular complexity index is 562. The topological polar surface area (TPSA) is 12.0 Å². The van der Waals surface area contributed by atoms with Crippen LogP contribution in [-0.2, 0) is 0 Å². The molecule has 1 aliphatic heterocycles. The number of hydrogen-bond acceptors (Lipinski definition) is 2. The molecule has 0 amide bonds. The van der Waals surface area contributed by atoms with Crippen molar-refractivity contribution in [3.63, 3.8) is 0 Å². The van der Waals surface area contributed by atoms with E-state index in [9.17, 15) is 0 Å². The molecule has 0 aliphatic carbocycles. The molecule has 0 spiro atoms.